The summed E-state index contributed by atoms with van der Waals surface area (Å²) < 4.78 is 23.3. The molecule has 118 valence electrons. The van der Waals surface area contributed by atoms with E-state index in [9.17, 15) is 13.2 Å². The number of rotatable bonds is 3. The van der Waals surface area contributed by atoms with Crippen molar-refractivity contribution in [2.75, 3.05) is 19.0 Å². The summed E-state index contributed by atoms with van der Waals surface area (Å²) in [5.41, 5.74) is 6.19. The van der Waals surface area contributed by atoms with E-state index in [1.807, 2.05) is 27.7 Å². The number of carbonyl (C=O) groups is 1. The summed E-state index contributed by atoms with van der Waals surface area (Å²) in [7, 11) is -1.70. The fourth-order valence-electron chi connectivity index (χ4n) is 1.92. The molecule has 6 heteroatoms. The summed E-state index contributed by atoms with van der Waals surface area (Å²) in [6.07, 6.45) is 1.09. The van der Waals surface area contributed by atoms with E-state index in [1.165, 1.54) is 18.2 Å². The van der Waals surface area contributed by atoms with Crippen LogP contribution in [-0.4, -0.2) is 38.6 Å². The molecule has 0 aliphatic carbocycles. The Hall–Kier alpha value is -1.56. The van der Waals surface area contributed by atoms with Gasteiger partial charge in [0.1, 0.15) is 0 Å². The maximum absolute atomic E-state index is 12.5. The van der Waals surface area contributed by atoms with Crippen molar-refractivity contribution in [1.29, 1.82) is 0 Å². The Balaban J connectivity index is 3.23. The van der Waals surface area contributed by atoms with Crippen LogP contribution in [0.4, 0.5) is 5.69 Å². The van der Waals surface area contributed by atoms with E-state index >= 15 is 0 Å². The molecule has 1 amide bonds. The molecule has 5 nitrogen and oxygen atoms in total. The second kappa shape index (κ2) is 5.67. The zero-order valence-corrected chi connectivity index (χ0v) is 14.3. The highest BCUT2D eigenvalue weighted by atomic mass is 32.2. The Bertz CT molecular complexity index is 645. The molecule has 0 aliphatic heterocycles. The first-order valence-corrected chi connectivity index (χ1v) is 8.61. The van der Waals surface area contributed by atoms with Crippen LogP contribution in [0.25, 0.3) is 0 Å². The monoisotopic (exact) mass is 312 g/mol. The SMILES string of the molecule is CC(N(C)C(=O)c1cc(N)cc(S(C)(=O)=O)c1)C(C)(C)C. The van der Waals surface area contributed by atoms with Gasteiger partial charge in [0.2, 0.25) is 0 Å². The normalized spacial score (nSPS) is 13.8. The maximum Gasteiger partial charge on any atom is 0.253 e. The zero-order chi connectivity index (χ0) is 16.6. The second-order valence-corrected chi connectivity index (χ2v) is 8.54. The van der Waals surface area contributed by atoms with E-state index < -0.39 is 9.84 Å². The molecule has 1 aromatic carbocycles. The number of hydrogen-bond acceptors (Lipinski definition) is 4. The van der Waals surface area contributed by atoms with Crippen LogP contribution < -0.4 is 5.73 Å². The van der Waals surface area contributed by atoms with Gasteiger partial charge in [-0.3, -0.25) is 4.79 Å². The second-order valence-electron chi connectivity index (χ2n) is 6.52. The van der Waals surface area contributed by atoms with E-state index in [2.05, 4.69) is 0 Å². The highest BCUT2D eigenvalue weighted by Gasteiger charge is 2.28. The van der Waals surface area contributed by atoms with Gasteiger partial charge in [0, 0.05) is 30.6 Å². The Labute approximate surface area is 127 Å². The number of nitrogen functional groups attached to an aromatic ring is 1. The topological polar surface area (TPSA) is 80.5 Å². The molecule has 1 rings (SSSR count). The van der Waals surface area contributed by atoms with Crippen LogP contribution in [0.3, 0.4) is 0 Å². The lowest BCUT2D eigenvalue weighted by Crippen LogP contribution is -2.43. The van der Waals surface area contributed by atoms with E-state index in [0.717, 1.165) is 6.26 Å². The van der Waals surface area contributed by atoms with Gasteiger partial charge in [0.25, 0.3) is 5.91 Å². The van der Waals surface area contributed by atoms with Gasteiger partial charge in [-0.2, -0.15) is 0 Å². The Morgan fingerprint density at radius 3 is 2.19 bits per heavy atom. The van der Waals surface area contributed by atoms with Gasteiger partial charge >= 0.3 is 0 Å². The van der Waals surface area contributed by atoms with Crippen LogP contribution in [0.1, 0.15) is 38.1 Å². The molecule has 0 radical (unpaired) electrons. The lowest BCUT2D eigenvalue weighted by atomic mass is 9.87. The third-order valence-electron chi connectivity index (χ3n) is 3.76. The van der Waals surface area contributed by atoms with Crippen LogP contribution in [-0.2, 0) is 9.84 Å². The quantitative estimate of drug-likeness (QED) is 0.867. The lowest BCUT2D eigenvalue weighted by molar-refractivity contribution is 0.0629. The summed E-state index contributed by atoms with van der Waals surface area (Å²) in [4.78, 5) is 14.2. The number of hydrogen-bond donors (Lipinski definition) is 1. The number of benzene rings is 1. The van der Waals surface area contributed by atoms with Crippen molar-refractivity contribution in [3.05, 3.63) is 23.8 Å². The summed E-state index contributed by atoms with van der Waals surface area (Å²) in [5, 5.41) is 0. The van der Waals surface area contributed by atoms with Gasteiger partial charge in [-0.25, -0.2) is 8.42 Å². The predicted octanol–water partition coefficient (Wildman–Crippen LogP) is 2.18. The molecule has 0 saturated carbocycles. The molecular formula is C15H24N2O3S. The third-order valence-corrected chi connectivity index (χ3v) is 4.85. The van der Waals surface area contributed by atoms with E-state index in [1.54, 1.807) is 11.9 Å². The lowest BCUT2D eigenvalue weighted by Gasteiger charge is -2.35. The molecule has 0 fully saturated rings. The van der Waals surface area contributed by atoms with Gasteiger partial charge in [-0.15, -0.1) is 0 Å². The van der Waals surface area contributed by atoms with Crippen LogP contribution in [0.15, 0.2) is 23.1 Å². The zero-order valence-electron chi connectivity index (χ0n) is 13.5. The molecule has 1 unspecified atom stereocenters. The molecule has 21 heavy (non-hydrogen) atoms. The van der Waals surface area contributed by atoms with E-state index in [-0.39, 0.29) is 33.5 Å². The van der Waals surface area contributed by atoms with Crippen molar-refractivity contribution in [2.45, 2.75) is 38.6 Å². The molecule has 0 heterocycles. The maximum atomic E-state index is 12.5. The van der Waals surface area contributed by atoms with Gasteiger partial charge in [-0.05, 0) is 30.5 Å². The van der Waals surface area contributed by atoms with Gasteiger partial charge in [0.05, 0.1) is 4.90 Å². The Kier molecular flexibility index (Phi) is 4.73. The first-order valence-electron chi connectivity index (χ1n) is 6.72. The van der Waals surface area contributed by atoms with Crippen LogP contribution in [0.2, 0.25) is 0 Å². The minimum absolute atomic E-state index is 0.00638. The highest BCUT2D eigenvalue weighted by molar-refractivity contribution is 7.90. The van der Waals surface area contributed by atoms with Crippen molar-refractivity contribution in [2.24, 2.45) is 5.41 Å². The van der Waals surface area contributed by atoms with Gasteiger partial charge in [-0.1, -0.05) is 20.8 Å². The smallest absolute Gasteiger partial charge is 0.253 e. The molecule has 2 N–H and O–H groups in total. The van der Waals surface area contributed by atoms with Crippen LogP contribution >= 0.6 is 0 Å². The van der Waals surface area contributed by atoms with E-state index in [0.29, 0.717) is 0 Å². The number of carbonyl (C=O) groups excluding carboxylic acids is 1. The first-order chi connectivity index (χ1) is 9.34. The molecule has 0 aliphatic rings. The minimum atomic E-state index is -3.41. The van der Waals surface area contributed by atoms with Gasteiger partial charge in [0.15, 0.2) is 9.84 Å². The van der Waals surface area contributed by atoms with Crippen molar-refractivity contribution >= 4 is 21.4 Å². The number of nitrogens with two attached hydrogens (primary N) is 1. The predicted molar refractivity (Wildman–Crippen MR) is 85.0 cm³/mol. The van der Waals surface area contributed by atoms with Crippen LogP contribution in [0, 0.1) is 5.41 Å². The average molecular weight is 312 g/mol. The summed E-state index contributed by atoms with van der Waals surface area (Å²) in [6.45, 7) is 8.09. The molecule has 1 aromatic rings. The highest BCUT2D eigenvalue weighted by Crippen LogP contribution is 2.25. The Morgan fingerprint density at radius 2 is 1.76 bits per heavy atom. The molecule has 0 spiro atoms. The third kappa shape index (κ3) is 4.20. The molecule has 0 aromatic heterocycles. The average Bonchev–Trinajstić information content (AvgIpc) is 2.33. The van der Waals surface area contributed by atoms with E-state index in [4.69, 9.17) is 5.73 Å². The number of anilines is 1. The molecule has 0 saturated heterocycles. The van der Waals surface area contributed by atoms with Crippen molar-refractivity contribution in [3.63, 3.8) is 0 Å². The standard InChI is InChI=1S/C15H24N2O3S/c1-10(15(2,3)4)17(5)14(18)11-7-12(16)9-13(8-11)21(6,19)20/h7-10H,16H2,1-6H3. The first kappa shape index (κ1) is 17.5. The summed E-state index contributed by atoms with van der Waals surface area (Å²) in [6, 6.07) is 4.23. The number of sulfone groups is 1. The molecule has 0 bridgehead atoms. The van der Waals surface area contributed by atoms with Crippen molar-refractivity contribution < 1.29 is 13.2 Å². The number of amides is 1. The minimum Gasteiger partial charge on any atom is -0.399 e. The fraction of sp³-hybridized carbons (Fsp3) is 0.533. The largest absolute Gasteiger partial charge is 0.399 e. The van der Waals surface area contributed by atoms with Crippen LogP contribution in [0.5, 0.6) is 0 Å². The summed E-state index contributed by atoms with van der Waals surface area (Å²) in [5.74, 6) is -0.241. The number of nitrogens with zero attached hydrogens (tertiary/aromatic N) is 1. The molecular weight excluding hydrogens is 288 g/mol. The van der Waals surface area contributed by atoms with Crippen molar-refractivity contribution in [3.8, 4) is 0 Å². The molecule has 1 atom stereocenters. The Morgan fingerprint density at radius 1 is 1.24 bits per heavy atom. The van der Waals surface area contributed by atoms with Crippen molar-refractivity contribution in [1.82, 2.24) is 4.90 Å². The summed E-state index contributed by atoms with van der Waals surface area (Å²) >= 11 is 0. The fourth-order valence-corrected chi connectivity index (χ4v) is 2.61. The van der Waals surface area contributed by atoms with Gasteiger partial charge < -0.3 is 10.6 Å².